The van der Waals surface area contributed by atoms with Crippen LogP contribution in [0.1, 0.15) is 19.3 Å². The number of ether oxygens (including phenoxy) is 1. The van der Waals surface area contributed by atoms with Crippen molar-refractivity contribution >= 4 is 5.91 Å². The summed E-state index contributed by atoms with van der Waals surface area (Å²) in [6, 6.07) is 0.429. The second kappa shape index (κ2) is 5.65. The number of carbonyl (C=O) groups is 1. The first-order chi connectivity index (χ1) is 8.26. The van der Waals surface area contributed by atoms with Gasteiger partial charge in [0.2, 0.25) is 5.91 Å². The summed E-state index contributed by atoms with van der Waals surface area (Å²) in [7, 11) is 1.67. The Morgan fingerprint density at radius 3 is 3.12 bits per heavy atom. The van der Waals surface area contributed by atoms with E-state index < -0.39 is 0 Å². The zero-order valence-electron chi connectivity index (χ0n) is 10.5. The Labute approximate surface area is 103 Å². The first kappa shape index (κ1) is 12.6. The molecule has 4 heteroatoms. The maximum absolute atomic E-state index is 12.3. The van der Waals surface area contributed by atoms with Crippen molar-refractivity contribution in [3.05, 3.63) is 12.7 Å². The van der Waals surface area contributed by atoms with Crippen molar-refractivity contribution in [2.45, 2.75) is 31.3 Å². The van der Waals surface area contributed by atoms with Gasteiger partial charge in [0.05, 0.1) is 12.6 Å². The molecule has 2 bridgehead atoms. The Morgan fingerprint density at radius 1 is 1.59 bits per heavy atom. The predicted molar refractivity (Wildman–Crippen MR) is 66.7 cm³/mol. The van der Waals surface area contributed by atoms with Crippen LogP contribution in [0.5, 0.6) is 0 Å². The SMILES string of the molecule is C=C[C@H]1CN(CCOC)C(=O)C2CCCC1N2. The number of carbonyl (C=O) groups excluding carboxylic acids is 1. The highest BCUT2D eigenvalue weighted by atomic mass is 16.5. The van der Waals surface area contributed by atoms with Crippen LogP contribution in [-0.2, 0) is 9.53 Å². The van der Waals surface area contributed by atoms with E-state index in [0.29, 0.717) is 25.1 Å². The predicted octanol–water partition coefficient (Wildman–Crippen LogP) is 0.788. The average molecular weight is 238 g/mol. The molecule has 2 rings (SSSR count). The van der Waals surface area contributed by atoms with E-state index in [4.69, 9.17) is 4.74 Å². The minimum Gasteiger partial charge on any atom is -0.383 e. The first-order valence-corrected chi connectivity index (χ1v) is 6.42. The third kappa shape index (κ3) is 2.69. The van der Waals surface area contributed by atoms with Gasteiger partial charge >= 0.3 is 0 Å². The second-order valence-corrected chi connectivity index (χ2v) is 4.93. The van der Waals surface area contributed by atoms with E-state index in [1.165, 1.54) is 0 Å². The summed E-state index contributed by atoms with van der Waals surface area (Å²) in [5.41, 5.74) is 0. The normalized spacial score (nSPS) is 33.4. The van der Waals surface area contributed by atoms with Gasteiger partial charge in [0.1, 0.15) is 0 Å². The van der Waals surface area contributed by atoms with Crippen LogP contribution >= 0.6 is 0 Å². The van der Waals surface area contributed by atoms with E-state index in [9.17, 15) is 4.79 Å². The Morgan fingerprint density at radius 2 is 2.41 bits per heavy atom. The summed E-state index contributed by atoms with van der Waals surface area (Å²) in [6.07, 6.45) is 5.23. The maximum atomic E-state index is 12.3. The quantitative estimate of drug-likeness (QED) is 0.736. The lowest BCUT2D eigenvalue weighted by atomic mass is 9.91. The van der Waals surface area contributed by atoms with Gasteiger partial charge < -0.3 is 15.0 Å². The molecule has 2 saturated heterocycles. The van der Waals surface area contributed by atoms with Gasteiger partial charge in [0.15, 0.2) is 0 Å². The van der Waals surface area contributed by atoms with Crippen molar-refractivity contribution < 1.29 is 9.53 Å². The molecule has 0 aromatic rings. The second-order valence-electron chi connectivity index (χ2n) is 4.93. The number of hydrogen-bond acceptors (Lipinski definition) is 3. The Hall–Kier alpha value is -0.870. The number of methoxy groups -OCH3 is 1. The fraction of sp³-hybridized carbons (Fsp3) is 0.769. The molecule has 2 aliphatic heterocycles. The molecule has 1 amide bonds. The summed E-state index contributed by atoms with van der Waals surface area (Å²) in [5.74, 6) is 0.595. The van der Waals surface area contributed by atoms with Gasteiger partial charge in [0, 0.05) is 32.2 Å². The van der Waals surface area contributed by atoms with Crippen LogP contribution in [0.25, 0.3) is 0 Å². The van der Waals surface area contributed by atoms with Crippen molar-refractivity contribution in [2.24, 2.45) is 5.92 Å². The molecule has 3 atom stereocenters. The molecule has 96 valence electrons. The van der Waals surface area contributed by atoms with Crippen molar-refractivity contribution in [3.63, 3.8) is 0 Å². The molecule has 4 nitrogen and oxygen atoms in total. The van der Waals surface area contributed by atoms with Crippen molar-refractivity contribution in [1.82, 2.24) is 10.2 Å². The molecular weight excluding hydrogens is 216 g/mol. The smallest absolute Gasteiger partial charge is 0.239 e. The summed E-state index contributed by atoms with van der Waals surface area (Å²) in [6.45, 7) is 5.97. The fourth-order valence-corrected chi connectivity index (χ4v) is 2.83. The van der Waals surface area contributed by atoms with Gasteiger partial charge in [-0.25, -0.2) is 0 Å². The van der Waals surface area contributed by atoms with Gasteiger partial charge in [0.25, 0.3) is 0 Å². The molecule has 0 saturated carbocycles. The minimum absolute atomic E-state index is 0.00977. The molecule has 0 aliphatic carbocycles. The highest BCUT2D eigenvalue weighted by molar-refractivity contribution is 5.82. The Kier molecular flexibility index (Phi) is 4.18. The minimum atomic E-state index is 0.00977. The van der Waals surface area contributed by atoms with Crippen LogP contribution in [-0.4, -0.2) is 49.7 Å². The number of hydrogen-bond donors (Lipinski definition) is 1. The van der Waals surface area contributed by atoms with Crippen LogP contribution in [0.2, 0.25) is 0 Å². The summed E-state index contributed by atoms with van der Waals surface area (Å²) in [4.78, 5) is 14.2. The number of piperidine rings is 1. The number of rotatable bonds is 4. The molecule has 1 N–H and O–H groups in total. The summed E-state index contributed by atoms with van der Waals surface area (Å²) < 4.78 is 5.07. The van der Waals surface area contributed by atoms with E-state index in [2.05, 4.69) is 11.9 Å². The number of amides is 1. The zero-order chi connectivity index (χ0) is 12.3. The van der Waals surface area contributed by atoms with Gasteiger partial charge in [-0.05, 0) is 19.3 Å². The first-order valence-electron chi connectivity index (χ1n) is 6.42. The van der Waals surface area contributed by atoms with Gasteiger partial charge in [-0.3, -0.25) is 4.79 Å². The lowest BCUT2D eigenvalue weighted by Crippen LogP contribution is -2.49. The van der Waals surface area contributed by atoms with E-state index in [0.717, 1.165) is 25.8 Å². The molecule has 2 unspecified atom stereocenters. The lowest BCUT2D eigenvalue weighted by molar-refractivity contribution is -0.133. The highest BCUT2D eigenvalue weighted by Crippen LogP contribution is 2.25. The molecule has 2 heterocycles. The summed E-state index contributed by atoms with van der Waals surface area (Å²) >= 11 is 0. The zero-order valence-corrected chi connectivity index (χ0v) is 10.5. The van der Waals surface area contributed by atoms with E-state index >= 15 is 0 Å². The fourth-order valence-electron chi connectivity index (χ4n) is 2.83. The molecule has 2 fully saturated rings. The van der Waals surface area contributed by atoms with Crippen molar-refractivity contribution in [3.8, 4) is 0 Å². The van der Waals surface area contributed by atoms with Gasteiger partial charge in [-0.1, -0.05) is 6.08 Å². The topological polar surface area (TPSA) is 41.6 Å². The molecule has 0 aromatic heterocycles. The van der Waals surface area contributed by atoms with Crippen LogP contribution in [0.15, 0.2) is 12.7 Å². The average Bonchev–Trinajstić information content (AvgIpc) is 2.46. The molecular formula is C13H22N2O2. The Bertz CT molecular complexity index is 293. The van der Waals surface area contributed by atoms with E-state index in [-0.39, 0.29) is 11.9 Å². The van der Waals surface area contributed by atoms with Gasteiger partial charge in [-0.2, -0.15) is 0 Å². The van der Waals surface area contributed by atoms with Crippen molar-refractivity contribution in [2.75, 3.05) is 26.8 Å². The third-order valence-electron chi connectivity index (χ3n) is 3.85. The highest BCUT2D eigenvalue weighted by Gasteiger charge is 2.37. The van der Waals surface area contributed by atoms with Crippen LogP contribution in [0.3, 0.4) is 0 Å². The number of nitrogens with zero attached hydrogens (tertiary/aromatic N) is 1. The third-order valence-corrected chi connectivity index (χ3v) is 3.85. The monoisotopic (exact) mass is 238 g/mol. The van der Waals surface area contributed by atoms with Gasteiger partial charge in [-0.15, -0.1) is 6.58 Å². The number of nitrogens with one attached hydrogen (secondary N) is 1. The molecule has 2 aliphatic rings. The van der Waals surface area contributed by atoms with Crippen molar-refractivity contribution in [1.29, 1.82) is 0 Å². The lowest BCUT2D eigenvalue weighted by Gasteiger charge is -2.29. The van der Waals surface area contributed by atoms with Crippen LogP contribution in [0, 0.1) is 5.92 Å². The van der Waals surface area contributed by atoms with E-state index in [1.807, 2.05) is 11.0 Å². The molecule has 0 aromatic carbocycles. The summed E-state index contributed by atoms with van der Waals surface area (Å²) in [5, 5.41) is 3.47. The molecule has 17 heavy (non-hydrogen) atoms. The largest absolute Gasteiger partial charge is 0.383 e. The maximum Gasteiger partial charge on any atom is 0.239 e. The standard InChI is InChI=1S/C13H22N2O2/c1-3-10-9-15(7-8-17-2)13(16)12-6-4-5-11(10)14-12/h3,10-12,14H,1,4-9H2,2H3/t10-,11?,12?/m0/s1. The number of fused-ring (bicyclic) bond motifs is 2. The molecule has 0 spiro atoms. The van der Waals surface area contributed by atoms with Crippen LogP contribution in [0.4, 0.5) is 0 Å². The van der Waals surface area contributed by atoms with E-state index in [1.54, 1.807) is 7.11 Å². The van der Waals surface area contributed by atoms with Crippen LogP contribution < -0.4 is 5.32 Å². The molecule has 0 radical (unpaired) electrons. The Balaban J connectivity index is 2.10.